The first kappa shape index (κ1) is 21.0. The lowest BCUT2D eigenvalue weighted by atomic mass is 9.96. The van der Waals surface area contributed by atoms with Crippen molar-refractivity contribution in [2.24, 2.45) is 0 Å². The molecule has 2 atom stereocenters. The van der Waals surface area contributed by atoms with E-state index in [4.69, 9.17) is 4.74 Å². The molecule has 3 aromatic rings. The van der Waals surface area contributed by atoms with Crippen molar-refractivity contribution in [2.75, 3.05) is 25.0 Å². The SMILES string of the molecule is CC1CC(c2ncc(-c3ccnc(Nc4ccc(S(=O)(=O)N5CCC5)cc4)n3)[nH]2)CCO1. The molecule has 2 unspecified atom stereocenters. The topological polar surface area (TPSA) is 113 Å². The van der Waals surface area contributed by atoms with E-state index in [1.54, 1.807) is 36.7 Å². The zero-order valence-electron chi connectivity index (χ0n) is 17.9. The van der Waals surface area contributed by atoms with E-state index in [9.17, 15) is 8.42 Å². The Hall–Kier alpha value is -2.82. The van der Waals surface area contributed by atoms with Crippen LogP contribution in [0.25, 0.3) is 11.4 Å². The Bertz CT molecular complexity index is 1190. The van der Waals surface area contributed by atoms with Crippen LogP contribution in [0, 0.1) is 0 Å². The number of ether oxygens (including phenoxy) is 1. The predicted molar refractivity (Wildman–Crippen MR) is 120 cm³/mol. The van der Waals surface area contributed by atoms with Gasteiger partial charge in [0, 0.05) is 37.5 Å². The summed E-state index contributed by atoms with van der Waals surface area (Å²) in [7, 11) is -3.39. The molecule has 2 saturated heterocycles. The van der Waals surface area contributed by atoms with Crippen LogP contribution in [-0.4, -0.2) is 58.5 Å². The van der Waals surface area contributed by atoms with Gasteiger partial charge in [-0.15, -0.1) is 0 Å². The molecule has 5 rings (SSSR count). The number of aromatic nitrogens is 4. The first-order chi connectivity index (χ1) is 15.5. The highest BCUT2D eigenvalue weighted by Gasteiger charge is 2.29. The molecule has 0 bridgehead atoms. The van der Waals surface area contributed by atoms with Crippen molar-refractivity contribution in [1.82, 2.24) is 24.2 Å². The lowest BCUT2D eigenvalue weighted by molar-refractivity contribution is 0.0174. The molecule has 9 nitrogen and oxygen atoms in total. The highest BCUT2D eigenvalue weighted by atomic mass is 32.2. The van der Waals surface area contributed by atoms with E-state index in [0.29, 0.717) is 35.5 Å². The van der Waals surface area contributed by atoms with Crippen molar-refractivity contribution in [2.45, 2.75) is 43.1 Å². The van der Waals surface area contributed by atoms with Crippen LogP contribution in [0.4, 0.5) is 11.6 Å². The third-order valence-corrected chi connectivity index (χ3v) is 7.87. The molecule has 0 saturated carbocycles. The fourth-order valence-corrected chi connectivity index (χ4v) is 5.52. The molecule has 0 amide bonds. The molecule has 10 heteroatoms. The fraction of sp³-hybridized carbons (Fsp3) is 0.409. The average molecular weight is 455 g/mol. The molecule has 2 fully saturated rings. The standard InChI is InChI=1S/C22H26N6O3S/c1-15-13-16(8-12-31-15)21-24-14-20(26-21)19-7-9-23-22(27-19)25-17-3-5-18(6-4-17)32(29,30)28-10-2-11-28/h3-7,9,14-16H,2,8,10-13H2,1H3,(H,24,26)(H,23,25,27). The number of nitrogens with one attached hydrogen (secondary N) is 2. The first-order valence-electron chi connectivity index (χ1n) is 10.9. The number of rotatable bonds is 6. The Kier molecular flexibility index (Phi) is 5.66. The van der Waals surface area contributed by atoms with E-state index in [2.05, 4.69) is 32.2 Å². The summed E-state index contributed by atoms with van der Waals surface area (Å²) in [6, 6.07) is 8.50. The Morgan fingerprint density at radius 2 is 1.97 bits per heavy atom. The second-order valence-electron chi connectivity index (χ2n) is 8.26. The second kappa shape index (κ2) is 8.61. The largest absolute Gasteiger partial charge is 0.378 e. The lowest BCUT2D eigenvalue weighted by Crippen LogP contribution is -2.41. The van der Waals surface area contributed by atoms with Crippen LogP contribution in [0.5, 0.6) is 0 Å². The highest BCUT2D eigenvalue weighted by Crippen LogP contribution is 2.29. The van der Waals surface area contributed by atoms with E-state index in [0.717, 1.165) is 43.1 Å². The summed E-state index contributed by atoms with van der Waals surface area (Å²) >= 11 is 0. The Labute approximate surface area is 187 Å². The molecule has 1 aromatic carbocycles. The van der Waals surface area contributed by atoms with E-state index in [1.165, 1.54) is 4.31 Å². The summed E-state index contributed by atoms with van der Waals surface area (Å²) in [6.45, 7) is 4.02. The van der Waals surface area contributed by atoms with E-state index < -0.39 is 10.0 Å². The number of sulfonamides is 1. The summed E-state index contributed by atoms with van der Waals surface area (Å²) in [6.07, 6.45) is 6.55. The second-order valence-corrected chi connectivity index (χ2v) is 10.2. The van der Waals surface area contributed by atoms with Crippen molar-refractivity contribution in [3.8, 4) is 11.4 Å². The zero-order valence-corrected chi connectivity index (χ0v) is 18.7. The average Bonchev–Trinajstić information content (AvgIpc) is 3.23. The minimum atomic E-state index is -3.39. The summed E-state index contributed by atoms with van der Waals surface area (Å²) < 4.78 is 32.1. The summed E-state index contributed by atoms with van der Waals surface area (Å²) in [5.41, 5.74) is 2.28. The molecule has 0 aliphatic carbocycles. The van der Waals surface area contributed by atoms with Crippen molar-refractivity contribution in [3.63, 3.8) is 0 Å². The number of nitrogens with zero attached hydrogens (tertiary/aromatic N) is 4. The molecule has 0 spiro atoms. The van der Waals surface area contributed by atoms with Gasteiger partial charge in [0.1, 0.15) is 5.82 Å². The number of hydrogen-bond donors (Lipinski definition) is 2. The molecule has 2 N–H and O–H groups in total. The molecule has 4 heterocycles. The number of imidazole rings is 1. The number of aromatic amines is 1. The summed E-state index contributed by atoms with van der Waals surface area (Å²) in [4.78, 5) is 17.1. The maximum absolute atomic E-state index is 12.5. The summed E-state index contributed by atoms with van der Waals surface area (Å²) in [5, 5.41) is 3.14. The number of benzene rings is 1. The molecule has 0 radical (unpaired) electrons. The highest BCUT2D eigenvalue weighted by molar-refractivity contribution is 7.89. The van der Waals surface area contributed by atoms with Gasteiger partial charge in [-0.05, 0) is 56.5 Å². The quantitative estimate of drug-likeness (QED) is 0.588. The van der Waals surface area contributed by atoms with Crippen LogP contribution in [-0.2, 0) is 14.8 Å². The van der Waals surface area contributed by atoms with E-state index in [-0.39, 0.29) is 6.10 Å². The Morgan fingerprint density at radius 1 is 1.16 bits per heavy atom. The van der Waals surface area contributed by atoms with Gasteiger partial charge in [0.2, 0.25) is 16.0 Å². The van der Waals surface area contributed by atoms with Gasteiger partial charge in [-0.25, -0.2) is 23.4 Å². The van der Waals surface area contributed by atoms with Crippen molar-refractivity contribution in [1.29, 1.82) is 0 Å². The number of anilines is 2. The maximum Gasteiger partial charge on any atom is 0.243 e. The van der Waals surface area contributed by atoms with Crippen molar-refractivity contribution >= 4 is 21.7 Å². The molecule has 168 valence electrons. The van der Waals surface area contributed by atoms with Crippen LogP contribution in [0.15, 0.2) is 47.6 Å². The van der Waals surface area contributed by atoms with Crippen molar-refractivity contribution < 1.29 is 13.2 Å². The van der Waals surface area contributed by atoms with E-state index in [1.807, 2.05) is 6.07 Å². The monoisotopic (exact) mass is 454 g/mol. The lowest BCUT2D eigenvalue weighted by Gasteiger charge is -2.29. The van der Waals surface area contributed by atoms with Crippen LogP contribution < -0.4 is 5.32 Å². The number of hydrogen-bond acceptors (Lipinski definition) is 7. The van der Waals surface area contributed by atoms with Crippen LogP contribution in [0.3, 0.4) is 0 Å². The molecular weight excluding hydrogens is 428 g/mol. The molecular formula is C22H26N6O3S. The first-order valence-corrected chi connectivity index (χ1v) is 12.3. The van der Waals surface area contributed by atoms with Crippen LogP contribution in [0.1, 0.15) is 37.9 Å². The number of H-pyrrole nitrogens is 1. The van der Waals surface area contributed by atoms with Gasteiger partial charge < -0.3 is 15.0 Å². The third-order valence-electron chi connectivity index (χ3n) is 5.96. The Balaban J connectivity index is 1.29. The molecule has 2 aliphatic rings. The van der Waals surface area contributed by atoms with E-state index >= 15 is 0 Å². The predicted octanol–water partition coefficient (Wildman–Crippen LogP) is 3.29. The Morgan fingerprint density at radius 3 is 2.69 bits per heavy atom. The zero-order chi connectivity index (χ0) is 22.1. The fourth-order valence-electron chi connectivity index (χ4n) is 4.01. The maximum atomic E-state index is 12.5. The normalized spacial score (nSPS) is 21.8. The van der Waals surface area contributed by atoms with Gasteiger partial charge in [0.15, 0.2) is 0 Å². The third kappa shape index (κ3) is 4.25. The minimum absolute atomic E-state index is 0.240. The summed E-state index contributed by atoms with van der Waals surface area (Å²) in [5.74, 6) is 1.75. The van der Waals surface area contributed by atoms with Gasteiger partial charge in [0.25, 0.3) is 0 Å². The molecule has 2 aliphatic heterocycles. The molecule has 32 heavy (non-hydrogen) atoms. The van der Waals surface area contributed by atoms with Crippen molar-refractivity contribution in [3.05, 3.63) is 48.5 Å². The molecule has 2 aromatic heterocycles. The van der Waals surface area contributed by atoms with Gasteiger partial charge in [-0.2, -0.15) is 4.31 Å². The van der Waals surface area contributed by atoms with Gasteiger partial charge in [0.05, 0.1) is 28.6 Å². The van der Waals surface area contributed by atoms with Gasteiger partial charge >= 0.3 is 0 Å². The minimum Gasteiger partial charge on any atom is -0.378 e. The van der Waals surface area contributed by atoms with Crippen LogP contribution in [0.2, 0.25) is 0 Å². The van der Waals surface area contributed by atoms with Gasteiger partial charge in [-0.1, -0.05) is 0 Å². The van der Waals surface area contributed by atoms with Gasteiger partial charge in [-0.3, -0.25) is 0 Å². The smallest absolute Gasteiger partial charge is 0.243 e. The van der Waals surface area contributed by atoms with Crippen LogP contribution >= 0.6 is 0 Å².